The predicted octanol–water partition coefficient (Wildman–Crippen LogP) is 2.60. The molecular formula is C14H14N2O2S. The Balaban J connectivity index is 2.06. The highest BCUT2D eigenvalue weighted by atomic mass is 32.2. The average molecular weight is 274 g/mol. The molecule has 4 nitrogen and oxygen atoms in total. The zero-order valence-corrected chi connectivity index (χ0v) is 11.6. The van der Waals surface area contributed by atoms with Crippen molar-refractivity contribution in [2.45, 2.75) is 11.3 Å². The minimum absolute atomic E-state index is 0.143. The van der Waals surface area contributed by atoms with Crippen molar-refractivity contribution in [3.8, 4) is 0 Å². The minimum Gasteiger partial charge on any atom is -0.340 e. The van der Waals surface area contributed by atoms with Crippen LogP contribution in [0.1, 0.15) is 27.3 Å². The molecule has 2 rings (SSSR count). The van der Waals surface area contributed by atoms with E-state index < -0.39 is 0 Å². The average Bonchev–Trinajstić information content (AvgIpc) is 2.85. The predicted molar refractivity (Wildman–Crippen MR) is 74.7 cm³/mol. The first kappa shape index (κ1) is 13.5. The summed E-state index contributed by atoms with van der Waals surface area (Å²) < 4.78 is 1.69. The number of carbonyl (C=O) groups is 2. The Bertz CT molecular complexity index is 602. The molecule has 0 spiro atoms. The van der Waals surface area contributed by atoms with Gasteiger partial charge in [0.2, 0.25) is 0 Å². The van der Waals surface area contributed by atoms with Gasteiger partial charge >= 0.3 is 0 Å². The molecule has 0 atom stereocenters. The van der Waals surface area contributed by atoms with Crippen LogP contribution < -0.4 is 0 Å². The van der Waals surface area contributed by atoms with E-state index in [1.54, 1.807) is 48.0 Å². The second-order valence-electron chi connectivity index (χ2n) is 4.18. The molecule has 0 aliphatic carbocycles. The Hall–Kier alpha value is -1.88. The summed E-state index contributed by atoms with van der Waals surface area (Å²) in [6.45, 7) is 0. The van der Waals surface area contributed by atoms with Crippen LogP contribution in [0, 0.1) is 0 Å². The number of imidazole rings is 1. The van der Waals surface area contributed by atoms with Crippen molar-refractivity contribution in [1.82, 2.24) is 9.55 Å². The summed E-state index contributed by atoms with van der Waals surface area (Å²) in [6.07, 6.45) is 4.99. The largest absolute Gasteiger partial charge is 0.340 e. The highest BCUT2D eigenvalue weighted by Crippen LogP contribution is 2.16. The van der Waals surface area contributed by atoms with Crippen molar-refractivity contribution in [1.29, 1.82) is 0 Å². The third kappa shape index (κ3) is 3.32. The Labute approximate surface area is 115 Å². The zero-order chi connectivity index (χ0) is 13.8. The fraction of sp³-hybridized carbons (Fsp3) is 0.214. The number of aromatic nitrogens is 2. The van der Waals surface area contributed by atoms with Gasteiger partial charge in [0.25, 0.3) is 0 Å². The van der Waals surface area contributed by atoms with Crippen LogP contribution in [0.4, 0.5) is 0 Å². The summed E-state index contributed by atoms with van der Waals surface area (Å²) >= 11 is 1.61. The smallest absolute Gasteiger partial charge is 0.190 e. The third-order valence-electron chi connectivity index (χ3n) is 2.72. The van der Waals surface area contributed by atoms with Crippen molar-refractivity contribution in [3.05, 3.63) is 48.0 Å². The lowest BCUT2D eigenvalue weighted by Crippen LogP contribution is -2.09. The van der Waals surface area contributed by atoms with E-state index in [9.17, 15) is 9.59 Å². The molecule has 2 aromatic rings. The molecule has 98 valence electrons. The van der Waals surface area contributed by atoms with Gasteiger partial charge < -0.3 is 4.57 Å². The van der Waals surface area contributed by atoms with Crippen molar-refractivity contribution >= 4 is 23.3 Å². The molecule has 0 aliphatic rings. The fourth-order valence-corrected chi connectivity index (χ4v) is 2.08. The van der Waals surface area contributed by atoms with Crippen LogP contribution >= 0.6 is 11.8 Å². The highest BCUT2D eigenvalue weighted by Gasteiger charge is 2.15. The standard InChI is InChI=1S/C14H14N2O2S/c1-16-8-12(15-9-16)14(18)7-13(17)10-3-5-11(19-2)6-4-10/h3-6,8-9H,7H2,1-2H3. The molecule has 1 aromatic heterocycles. The first-order chi connectivity index (χ1) is 9.10. The van der Waals surface area contributed by atoms with Gasteiger partial charge in [-0.2, -0.15) is 0 Å². The maximum Gasteiger partial charge on any atom is 0.190 e. The van der Waals surface area contributed by atoms with Crippen LogP contribution in [0.15, 0.2) is 41.7 Å². The second kappa shape index (κ2) is 5.84. The first-order valence-corrected chi connectivity index (χ1v) is 7.01. The lowest BCUT2D eigenvalue weighted by atomic mass is 10.1. The van der Waals surface area contributed by atoms with E-state index in [1.807, 2.05) is 18.4 Å². The van der Waals surface area contributed by atoms with E-state index in [1.165, 1.54) is 0 Å². The maximum atomic E-state index is 12.0. The minimum atomic E-state index is -0.250. The lowest BCUT2D eigenvalue weighted by molar-refractivity contribution is 0.0891. The van der Waals surface area contributed by atoms with Gasteiger partial charge in [0.15, 0.2) is 11.6 Å². The Morgan fingerprint density at radius 3 is 2.42 bits per heavy atom. The molecule has 5 heteroatoms. The van der Waals surface area contributed by atoms with Crippen LogP contribution in [0.3, 0.4) is 0 Å². The van der Waals surface area contributed by atoms with Gasteiger partial charge in [-0.15, -0.1) is 11.8 Å². The highest BCUT2D eigenvalue weighted by molar-refractivity contribution is 7.98. The molecule has 1 heterocycles. The molecule has 19 heavy (non-hydrogen) atoms. The van der Waals surface area contributed by atoms with Gasteiger partial charge in [0, 0.05) is 23.7 Å². The van der Waals surface area contributed by atoms with Gasteiger partial charge in [-0.1, -0.05) is 12.1 Å². The summed E-state index contributed by atoms with van der Waals surface area (Å²) in [6, 6.07) is 7.26. The van der Waals surface area contributed by atoms with Crippen molar-refractivity contribution in [2.24, 2.45) is 7.05 Å². The number of aryl methyl sites for hydroxylation is 1. The number of carbonyl (C=O) groups excluding carboxylic acids is 2. The van der Waals surface area contributed by atoms with Crippen molar-refractivity contribution in [2.75, 3.05) is 6.26 Å². The number of nitrogens with zero attached hydrogens (tertiary/aromatic N) is 2. The molecule has 0 aliphatic heterocycles. The summed E-state index contributed by atoms with van der Waals surface area (Å²) in [4.78, 5) is 28.9. The van der Waals surface area contributed by atoms with Crippen molar-refractivity contribution in [3.63, 3.8) is 0 Å². The van der Waals surface area contributed by atoms with E-state index in [0.717, 1.165) is 4.90 Å². The maximum absolute atomic E-state index is 12.0. The van der Waals surface area contributed by atoms with Gasteiger partial charge in [-0.3, -0.25) is 9.59 Å². The molecule has 0 amide bonds. The van der Waals surface area contributed by atoms with E-state index in [4.69, 9.17) is 0 Å². The number of hydrogen-bond acceptors (Lipinski definition) is 4. The number of hydrogen-bond donors (Lipinski definition) is 0. The van der Waals surface area contributed by atoms with E-state index in [-0.39, 0.29) is 18.0 Å². The molecule has 0 radical (unpaired) electrons. The fourth-order valence-electron chi connectivity index (χ4n) is 1.67. The van der Waals surface area contributed by atoms with E-state index in [0.29, 0.717) is 11.3 Å². The van der Waals surface area contributed by atoms with E-state index >= 15 is 0 Å². The second-order valence-corrected chi connectivity index (χ2v) is 5.06. The van der Waals surface area contributed by atoms with Crippen LogP contribution in [-0.2, 0) is 7.05 Å². The lowest BCUT2D eigenvalue weighted by Gasteiger charge is -2.01. The molecule has 0 bridgehead atoms. The number of Topliss-reactive ketones (excluding diaryl/α,β-unsaturated/α-hetero) is 2. The zero-order valence-electron chi connectivity index (χ0n) is 10.8. The number of thioether (sulfide) groups is 1. The number of rotatable bonds is 5. The summed E-state index contributed by atoms with van der Waals surface area (Å²) in [7, 11) is 1.78. The molecule has 0 saturated heterocycles. The van der Waals surface area contributed by atoms with Gasteiger partial charge in [0.1, 0.15) is 5.69 Å². The van der Waals surface area contributed by atoms with Crippen LogP contribution in [-0.4, -0.2) is 27.4 Å². The normalized spacial score (nSPS) is 10.4. The Kier molecular flexibility index (Phi) is 4.16. The summed E-state index contributed by atoms with van der Waals surface area (Å²) in [5.41, 5.74) is 0.888. The Morgan fingerprint density at radius 1 is 1.21 bits per heavy atom. The molecular weight excluding hydrogens is 260 g/mol. The van der Waals surface area contributed by atoms with Crippen molar-refractivity contribution < 1.29 is 9.59 Å². The molecule has 1 aromatic carbocycles. The SMILES string of the molecule is CSc1ccc(C(=O)CC(=O)c2cn(C)cn2)cc1. The topological polar surface area (TPSA) is 52.0 Å². The van der Waals surface area contributed by atoms with Crippen LogP contribution in [0.5, 0.6) is 0 Å². The van der Waals surface area contributed by atoms with Gasteiger partial charge in [0.05, 0.1) is 12.7 Å². The summed E-state index contributed by atoms with van der Waals surface area (Å²) in [5.74, 6) is -0.428. The van der Waals surface area contributed by atoms with Gasteiger partial charge in [-0.25, -0.2) is 4.98 Å². The molecule has 0 N–H and O–H groups in total. The van der Waals surface area contributed by atoms with Crippen LogP contribution in [0.2, 0.25) is 0 Å². The number of ketones is 2. The Morgan fingerprint density at radius 2 is 1.89 bits per heavy atom. The monoisotopic (exact) mass is 274 g/mol. The molecule has 0 unspecified atom stereocenters. The third-order valence-corrected chi connectivity index (χ3v) is 3.47. The molecule has 0 saturated carbocycles. The first-order valence-electron chi connectivity index (χ1n) is 5.78. The molecule has 0 fully saturated rings. The van der Waals surface area contributed by atoms with Gasteiger partial charge in [-0.05, 0) is 18.4 Å². The van der Waals surface area contributed by atoms with E-state index in [2.05, 4.69) is 4.98 Å². The summed E-state index contributed by atoms with van der Waals surface area (Å²) in [5, 5.41) is 0. The number of benzene rings is 1. The quantitative estimate of drug-likeness (QED) is 0.478. The van der Waals surface area contributed by atoms with Crippen LogP contribution in [0.25, 0.3) is 0 Å².